The summed E-state index contributed by atoms with van der Waals surface area (Å²) in [6, 6.07) is 5.71. The number of hydrogen-bond donors (Lipinski definition) is 1. The first kappa shape index (κ1) is 11.6. The summed E-state index contributed by atoms with van der Waals surface area (Å²) in [5, 5.41) is 3.00. The first-order chi connectivity index (χ1) is 7.59. The number of amides is 1. The first-order valence-corrected chi connectivity index (χ1v) is 6.42. The molecule has 16 heavy (non-hydrogen) atoms. The molecule has 2 nitrogen and oxygen atoms in total. The molecule has 3 heteroatoms. The molecule has 2 atom stereocenters. The molecule has 0 bridgehead atoms. The summed E-state index contributed by atoms with van der Waals surface area (Å²) in [6.45, 7) is 4.99. The standard InChI is InChI=1S/C13H16BrNO/c1-8-6-10(8)7-15-13(16)11-4-3-5-12(14)9(11)2/h3-5,8,10H,6-7H2,1-2H3,(H,15,16). The molecule has 1 amide bonds. The number of carbonyl (C=O) groups is 1. The number of hydrogen-bond acceptors (Lipinski definition) is 1. The van der Waals surface area contributed by atoms with Crippen LogP contribution in [-0.2, 0) is 0 Å². The molecule has 1 N–H and O–H groups in total. The smallest absolute Gasteiger partial charge is 0.251 e. The van der Waals surface area contributed by atoms with E-state index in [9.17, 15) is 4.79 Å². The summed E-state index contributed by atoms with van der Waals surface area (Å²) >= 11 is 3.44. The predicted molar refractivity (Wildman–Crippen MR) is 68.5 cm³/mol. The maximum Gasteiger partial charge on any atom is 0.251 e. The lowest BCUT2D eigenvalue weighted by molar-refractivity contribution is 0.0950. The van der Waals surface area contributed by atoms with Gasteiger partial charge in [0.25, 0.3) is 5.91 Å². The molecule has 1 aliphatic carbocycles. The molecule has 1 aliphatic rings. The SMILES string of the molecule is Cc1c(Br)cccc1C(=O)NCC1CC1C. The predicted octanol–water partition coefficient (Wildman–Crippen LogP) is 3.14. The van der Waals surface area contributed by atoms with Crippen molar-refractivity contribution in [2.24, 2.45) is 11.8 Å². The second-order valence-electron chi connectivity index (χ2n) is 4.60. The lowest BCUT2D eigenvalue weighted by Gasteiger charge is -2.08. The van der Waals surface area contributed by atoms with Crippen molar-refractivity contribution in [3.8, 4) is 0 Å². The van der Waals surface area contributed by atoms with Crippen LogP contribution in [0.25, 0.3) is 0 Å². The van der Waals surface area contributed by atoms with Gasteiger partial charge >= 0.3 is 0 Å². The van der Waals surface area contributed by atoms with E-state index in [1.807, 2.05) is 25.1 Å². The minimum absolute atomic E-state index is 0.0397. The van der Waals surface area contributed by atoms with Gasteiger partial charge < -0.3 is 5.32 Å². The van der Waals surface area contributed by atoms with Crippen LogP contribution in [0.15, 0.2) is 22.7 Å². The fraction of sp³-hybridized carbons (Fsp3) is 0.462. The van der Waals surface area contributed by atoms with Gasteiger partial charge in [0.2, 0.25) is 0 Å². The van der Waals surface area contributed by atoms with E-state index in [-0.39, 0.29) is 5.91 Å². The average Bonchev–Trinajstić information content (AvgIpc) is 2.95. The number of benzene rings is 1. The van der Waals surface area contributed by atoms with Gasteiger partial charge in [0, 0.05) is 16.6 Å². The van der Waals surface area contributed by atoms with Crippen LogP contribution in [0.5, 0.6) is 0 Å². The zero-order chi connectivity index (χ0) is 11.7. The molecule has 0 aromatic heterocycles. The molecule has 86 valence electrons. The Morgan fingerprint density at radius 3 is 2.88 bits per heavy atom. The highest BCUT2D eigenvalue weighted by Gasteiger charge is 2.32. The van der Waals surface area contributed by atoms with Crippen LogP contribution in [0.4, 0.5) is 0 Å². The molecule has 2 unspecified atom stereocenters. The summed E-state index contributed by atoms with van der Waals surface area (Å²) in [6.07, 6.45) is 1.25. The highest BCUT2D eigenvalue weighted by atomic mass is 79.9. The fourth-order valence-electron chi connectivity index (χ4n) is 1.86. The summed E-state index contributed by atoms with van der Waals surface area (Å²) in [4.78, 5) is 11.9. The van der Waals surface area contributed by atoms with E-state index < -0.39 is 0 Å². The van der Waals surface area contributed by atoms with E-state index in [1.54, 1.807) is 0 Å². The van der Waals surface area contributed by atoms with Gasteiger partial charge in [-0.25, -0.2) is 0 Å². The monoisotopic (exact) mass is 281 g/mol. The van der Waals surface area contributed by atoms with Crippen molar-refractivity contribution in [3.63, 3.8) is 0 Å². The molecule has 0 aliphatic heterocycles. The number of rotatable bonds is 3. The second-order valence-corrected chi connectivity index (χ2v) is 5.45. The Hall–Kier alpha value is -0.830. The molecular weight excluding hydrogens is 266 g/mol. The van der Waals surface area contributed by atoms with Crippen molar-refractivity contribution in [1.82, 2.24) is 5.32 Å². The normalized spacial score (nSPS) is 22.9. The van der Waals surface area contributed by atoms with Gasteiger partial charge in [-0.1, -0.05) is 28.9 Å². The van der Waals surface area contributed by atoms with E-state index in [0.717, 1.165) is 28.1 Å². The van der Waals surface area contributed by atoms with Crippen molar-refractivity contribution in [1.29, 1.82) is 0 Å². The lowest BCUT2D eigenvalue weighted by Crippen LogP contribution is -2.26. The van der Waals surface area contributed by atoms with Crippen LogP contribution >= 0.6 is 15.9 Å². The van der Waals surface area contributed by atoms with Crippen LogP contribution in [0, 0.1) is 18.8 Å². The van der Waals surface area contributed by atoms with Crippen LogP contribution in [0.1, 0.15) is 29.3 Å². The molecule has 1 aromatic carbocycles. The number of halogens is 1. The van der Waals surface area contributed by atoms with E-state index in [4.69, 9.17) is 0 Å². The van der Waals surface area contributed by atoms with Crippen LogP contribution in [0.3, 0.4) is 0 Å². The molecule has 0 heterocycles. The summed E-state index contributed by atoms with van der Waals surface area (Å²) in [5.74, 6) is 1.51. The van der Waals surface area contributed by atoms with Gasteiger partial charge in [-0.2, -0.15) is 0 Å². The minimum atomic E-state index is 0.0397. The molecule has 1 fully saturated rings. The van der Waals surface area contributed by atoms with E-state index in [2.05, 4.69) is 28.2 Å². The minimum Gasteiger partial charge on any atom is -0.352 e. The Balaban J connectivity index is 2.00. The topological polar surface area (TPSA) is 29.1 Å². The Bertz CT molecular complexity index is 416. The zero-order valence-corrected chi connectivity index (χ0v) is 11.2. The second kappa shape index (κ2) is 4.58. The summed E-state index contributed by atoms with van der Waals surface area (Å²) < 4.78 is 0.986. The average molecular weight is 282 g/mol. The van der Waals surface area contributed by atoms with Crippen molar-refractivity contribution in [2.45, 2.75) is 20.3 Å². The highest BCUT2D eigenvalue weighted by molar-refractivity contribution is 9.10. The van der Waals surface area contributed by atoms with Crippen molar-refractivity contribution >= 4 is 21.8 Å². The van der Waals surface area contributed by atoms with Gasteiger partial charge in [0.1, 0.15) is 0 Å². The highest BCUT2D eigenvalue weighted by Crippen LogP contribution is 2.36. The van der Waals surface area contributed by atoms with Crippen LogP contribution < -0.4 is 5.32 Å². The maximum atomic E-state index is 11.9. The Morgan fingerprint density at radius 1 is 1.56 bits per heavy atom. The summed E-state index contributed by atoms with van der Waals surface area (Å²) in [7, 11) is 0. The zero-order valence-electron chi connectivity index (χ0n) is 9.59. The van der Waals surface area contributed by atoms with E-state index in [0.29, 0.717) is 5.92 Å². The largest absolute Gasteiger partial charge is 0.352 e. The Kier molecular flexibility index (Phi) is 3.33. The van der Waals surface area contributed by atoms with Gasteiger partial charge in [-0.05, 0) is 42.9 Å². The van der Waals surface area contributed by atoms with Gasteiger partial charge in [0.15, 0.2) is 0 Å². The van der Waals surface area contributed by atoms with Crippen LogP contribution in [0.2, 0.25) is 0 Å². The Morgan fingerprint density at radius 2 is 2.25 bits per heavy atom. The van der Waals surface area contributed by atoms with Gasteiger partial charge in [-0.3, -0.25) is 4.79 Å². The quantitative estimate of drug-likeness (QED) is 0.906. The van der Waals surface area contributed by atoms with E-state index >= 15 is 0 Å². The third kappa shape index (κ3) is 2.46. The van der Waals surface area contributed by atoms with Gasteiger partial charge in [-0.15, -0.1) is 0 Å². The molecule has 0 radical (unpaired) electrons. The molecule has 1 saturated carbocycles. The molecule has 1 aromatic rings. The summed E-state index contributed by atoms with van der Waals surface area (Å²) in [5.41, 5.74) is 1.77. The van der Waals surface area contributed by atoms with Crippen molar-refractivity contribution in [3.05, 3.63) is 33.8 Å². The third-order valence-corrected chi connectivity index (χ3v) is 4.17. The maximum absolute atomic E-state index is 11.9. The molecule has 0 saturated heterocycles. The Labute approximate surface area is 105 Å². The third-order valence-electron chi connectivity index (χ3n) is 3.31. The first-order valence-electron chi connectivity index (χ1n) is 5.63. The molecule has 2 rings (SSSR count). The molecular formula is C13H16BrNO. The van der Waals surface area contributed by atoms with Crippen molar-refractivity contribution in [2.75, 3.05) is 6.54 Å². The van der Waals surface area contributed by atoms with Gasteiger partial charge in [0.05, 0.1) is 0 Å². The molecule has 0 spiro atoms. The van der Waals surface area contributed by atoms with E-state index in [1.165, 1.54) is 6.42 Å². The van der Waals surface area contributed by atoms with Crippen molar-refractivity contribution < 1.29 is 4.79 Å². The number of nitrogens with one attached hydrogen (secondary N) is 1. The lowest BCUT2D eigenvalue weighted by atomic mass is 10.1. The number of carbonyl (C=O) groups excluding carboxylic acids is 1. The fourth-order valence-corrected chi connectivity index (χ4v) is 2.22. The van der Waals surface area contributed by atoms with Crippen LogP contribution in [-0.4, -0.2) is 12.5 Å².